The van der Waals surface area contributed by atoms with Crippen LogP contribution in [0.5, 0.6) is 0 Å². The van der Waals surface area contributed by atoms with Crippen molar-refractivity contribution in [3.63, 3.8) is 0 Å². The highest BCUT2D eigenvalue weighted by molar-refractivity contribution is 9.12. The van der Waals surface area contributed by atoms with Crippen LogP contribution >= 0.6 is 47.8 Å². The molecule has 1 aliphatic carbocycles. The molecule has 0 bridgehead atoms. The van der Waals surface area contributed by atoms with E-state index in [-0.39, 0.29) is 4.32 Å². The van der Waals surface area contributed by atoms with Gasteiger partial charge in [-0.15, -0.1) is 0 Å². The van der Waals surface area contributed by atoms with Gasteiger partial charge >= 0.3 is 0 Å². The van der Waals surface area contributed by atoms with Gasteiger partial charge in [-0.3, -0.25) is 0 Å². The Morgan fingerprint density at radius 2 is 2.15 bits per heavy atom. The van der Waals surface area contributed by atoms with Crippen LogP contribution < -0.4 is 0 Å². The Hall–Kier alpha value is 0.660. The maximum absolute atomic E-state index is 3.64. The first-order valence-corrected chi connectivity index (χ1v) is 6.86. The summed E-state index contributed by atoms with van der Waals surface area (Å²) in [5.74, 6) is 0. The number of allylic oxidation sites excluding steroid dienone is 6. The number of rotatable bonds is 2. The van der Waals surface area contributed by atoms with Gasteiger partial charge in [0, 0.05) is 10.2 Å². The summed E-state index contributed by atoms with van der Waals surface area (Å²) >= 11 is 10.7. The van der Waals surface area contributed by atoms with E-state index in [4.69, 9.17) is 0 Å². The second-order valence-corrected chi connectivity index (χ2v) is 6.60. The Kier molecular flexibility index (Phi) is 4.46. The van der Waals surface area contributed by atoms with Crippen LogP contribution in [-0.2, 0) is 0 Å². The van der Waals surface area contributed by atoms with Gasteiger partial charge in [0.05, 0.1) is 4.32 Å². The molecule has 2 atom stereocenters. The Bertz CT molecular complexity index is 261. The van der Waals surface area contributed by atoms with E-state index in [1.807, 2.05) is 0 Å². The molecule has 2 unspecified atom stereocenters. The van der Waals surface area contributed by atoms with Crippen molar-refractivity contribution in [2.45, 2.75) is 16.1 Å². The smallest absolute Gasteiger partial charge is 0.0597 e. The van der Waals surface area contributed by atoms with Crippen LogP contribution in [0.15, 0.2) is 36.0 Å². The van der Waals surface area contributed by atoms with Crippen LogP contribution in [0.4, 0.5) is 0 Å². The van der Waals surface area contributed by atoms with Crippen LogP contribution in [0, 0.1) is 0 Å². The standard InChI is InChI=1S/C10H11Br3/c1-10(13)5-3-2-4-8(6-10)9(12)7-11/h2-6,9H,7H2,1H3. The lowest BCUT2D eigenvalue weighted by Crippen LogP contribution is -2.11. The zero-order chi connectivity index (χ0) is 9.90. The largest absolute Gasteiger partial charge is 0.0912 e. The maximum atomic E-state index is 3.64. The first kappa shape index (κ1) is 11.7. The summed E-state index contributed by atoms with van der Waals surface area (Å²) < 4.78 is -0.0278. The fraction of sp³-hybridized carbons (Fsp3) is 0.400. The lowest BCUT2D eigenvalue weighted by atomic mass is 10.1. The van der Waals surface area contributed by atoms with Gasteiger partial charge in [-0.1, -0.05) is 78.2 Å². The van der Waals surface area contributed by atoms with E-state index in [0.29, 0.717) is 4.83 Å². The summed E-state index contributed by atoms with van der Waals surface area (Å²) in [6.45, 7) is 2.13. The molecule has 0 fully saturated rings. The third-order valence-corrected chi connectivity index (χ3v) is 4.63. The van der Waals surface area contributed by atoms with Gasteiger partial charge in [-0.2, -0.15) is 0 Å². The van der Waals surface area contributed by atoms with E-state index >= 15 is 0 Å². The van der Waals surface area contributed by atoms with Crippen molar-refractivity contribution in [3.05, 3.63) is 36.0 Å². The minimum atomic E-state index is -0.0278. The van der Waals surface area contributed by atoms with E-state index < -0.39 is 0 Å². The van der Waals surface area contributed by atoms with Crippen molar-refractivity contribution in [1.29, 1.82) is 0 Å². The molecule has 0 aromatic carbocycles. The minimum absolute atomic E-state index is 0.0278. The van der Waals surface area contributed by atoms with Crippen molar-refractivity contribution in [1.82, 2.24) is 0 Å². The maximum Gasteiger partial charge on any atom is 0.0597 e. The first-order chi connectivity index (χ1) is 6.05. The average Bonchev–Trinajstić information content (AvgIpc) is 2.25. The SMILES string of the molecule is CC1(Br)C=CC=CC(C(Br)CBr)=C1. The van der Waals surface area contributed by atoms with Crippen LogP contribution in [0.25, 0.3) is 0 Å². The quantitative estimate of drug-likeness (QED) is 0.634. The molecular formula is C10H11Br3. The van der Waals surface area contributed by atoms with Gasteiger partial charge in [0.1, 0.15) is 0 Å². The molecule has 0 aromatic rings. The minimum Gasteiger partial charge on any atom is -0.0912 e. The van der Waals surface area contributed by atoms with E-state index in [1.54, 1.807) is 0 Å². The molecule has 0 saturated heterocycles. The van der Waals surface area contributed by atoms with E-state index in [1.165, 1.54) is 5.57 Å². The Labute approximate surface area is 105 Å². The molecule has 0 aromatic heterocycles. The van der Waals surface area contributed by atoms with Crippen LogP contribution in [0.2, 0.25) is 0 Å². The topological polar surface area (TPSA) is 0 Å². The fourth-order valence-electron chi connectivity index (χ4n) is 1.12. The molecule has 0 aliphatic heterocycles. The summed E-state index contributed by atoms with van der Waals surface area (Å²) in [5.41, 5.74) is 1.29. The molecule has 0 nitrogen and oxygen atoms in total. The second kappa shape index (κ2) is 4.94. The van der Waals surface area contributed by atoms with Gasteiger partial charge in [-0.25, -0.2) is 0 Å². The van der Waals surface area contributed by atoms with Crippen LogP contribution in [0.3, 0.4) is 0 Å². The van der Waals surface area contributed by atoms with Crippen LogP contribution in [-0.4, -0.2) is 14.5 Å². The predicted octanol–water partition coefficient (Wildman–Crippen LogP) is 4.35. The number of hydrogen-bond donors (Lipinski definition) is 0. The lowest BCUT2D eigenvalue weighted by molar-refractivity contribution is 1.01. The Balaban J connectivity index is 2.91. The third kappa shape index (κ3) is 3.72. The van der Waals surface area contributed by atoms with Gasteiger partial charge in [0.15, 0.2) is 0 Å². The number of halogens is 3. The van der Waals surface area contributed by atoms with Crippen molar-refractivity contribution in [2.24, 2.45) is 0 Å². The monoisotopic (exact) mass is 368 g/mol. The summed E-state index contributed by atoms with van der Waals surface area (Å²) in [5, 5.41) is 0.923. The first-order valence-electron chi connectivity index (χ1n) is 4.03. The van der Waals surface area contributed by atoms with Crippen molar-refractivity contribution in [3.8, 4) is 0 Å². The zero-order valence-electron chi connectivity index (χ0n) is 7.31. The molecule has 0 N–H and O–H groups in total. The zero-order valence-corrected chi connectivity index (χ0v) is 12.1. The van der Waals surface area contributed by atoms with Gasteiger partial charge in [-0.05, 0) is 12.5 Å². The third-order valence-electron chi connectivity index (χ3n) is 1.77. The predicted molar refractivity (Wildman–Crippen MR) is 70.2 cm³/mol. The van der Waals surface area contributed by atoms with Gasteiger partial charge in [0.25, 0.3) is 0 Å². The van der Waals surface area contributed by atoms with Gasteiger partial charge in [0.2, 0.25) is 0 Å². The second-order valence-electron chi connectivity index (χ2n) is 3.14. The molecule has 0 radical (unpaired) electrons. The number of alkyl halides is 3. The van der Waals surface area contributed by atoms with Crippen molar-refractivity contribution < 1.29 is 0 Å². The van der Waals surface area contributed by atoms with E-state index in [9.17, 15) is 0 Å². The van der Waals surface area contributed by atoms with E-state index in [0.717, 1.165) is 5.33 Å². The normalized spacial score (nSPS) is 29.7. The lowest BCUT2D eigenvalue weighted by Gasteiger charge is -2.15. The molecule has 72 valence electrons. The van der Waals surface area contributed by atoms with Gasteiger partial charge < -0.3 is 0 Å². The Morgan fingerprint density at radius 1 is 1.46 bits per heavy atom. The molecule has 0 heterocycles. The summed E-state index contributed by atoms with van der Waals surface area (Å²) in [7, 11) is 0. The highest BCUT2D eigenvalue weighted by Crippen LogP contribution is 2.28. The van der Waals surface area contributed by atoms with E-state index in [2.05, 4.69) is 85.1 Å². The average molecular weight is 371 g/mol. The summed E-state index contributed by atoms with van der Waals surface area (Å²) in [6.07, 6.45) is 10.6. The molecule has 3 heteroatoms. The summed E-state index contributed by atoms with van der Waals surface area (Å²) in [6, 6.07) is 0. The van der Waals surface area contributed by atoms with Crippen LogP contribution in [0.1, 0.15) is 6.92 Å². The molecule has 1 aliphatic rings. The summed E-state index contributed by atoms with van der Waals surface area (Å²) in [4.78, 5) is 0.375. The highest BCUT2D eigenvalue weighted by atomic mass is 79.9. The molecule has 0 amide bonds. The Morgan fingerprint density at radius 3 is 2.77 bits per heavy atom. The molecule has 1 rings (SSSR count). The molecule has 0 spiro atoms. The molecule has 0 saturated carbocycles. The number of hydrogen-bond acceptors (Lipinski definition) is 0. The highest BCUT2D eigenvalue weighted by Gasteiger charge is 2.17. The van der Waals surface area contributed by atoms with Crippen molar-refractivity contribution in [2.75, 3.05) is 5.33 Å². The fourth-order valence-corrected chi connectivity index (χ4v) is 2.19. The van der Waals surface area contributed by atoms with Crippen molar-refractivity contribution >= 4 is 47.8 Å². The molecule has 13 heavy (non-hydrogen) atoms. The molecular weight excluding hydrogens is 360 g/mol.